The van der Waals surface area contributed by atoms with E-state index >= 15 is 0 Å². The number of aryl methyl sites for hydroxylation is 1. The Morgan fingerprint density at radius 2 is 2.21 bits per heavy atom. The maximum atomic E-state index is 12.2. The molecule has 3 N–H and O–H groups in total. The fraction of sp³-hybridized carbons (Fsp3) is 0.250. The summed E-state index contributed by atoms with van der Waals surface area (Å²) in [5, 5.41) is 9.53. The lowest BCUT2D eigenvalue weighted by molar-refractivity contribution is 0.601. The first-order valence-corrected chi connectivity index (χ1v) is 7.52. The molecule has 100 valence electrons. The van der Waals surface area contributed by atoms with Gasteiger partial charge < -0.3 is 5.32 Å². The number of sulfonamides is 1. The average Bonchev–Trinajstić information content (AvgIpc) is 2.90. The Morgan fingerprint density at radius 3 is 3.00 bits per heavy atom. The third-order valence-corrected chi connectivity index (χ3v) is 4.45. The SMILES string of the molecule is O=S(=O)(Nc1cn[nH]c1)c1ccc2c(c1)CCCN2. The predicted molar refractivity (Wildman–Crippen MR) is 72.6 cm³/mol. The minimum Gasteiger partial charge on any atom is -0.385 e. The monoisotopic (exact) mass is 278 g/mol. The van der Waals surface area contributed by atoms with Crippen molar-refractivity contribution in [3.05, 3.63) is 36.2 Å². The molecular formula is C12H14N4O2S. The molecule has 0 spiro atoms. The van der Waals surface area contributed by atoms with Crippen LogP contribution >= 0.6 is 0 Å². The van der Waals surface area contributed by atoms with Crippen LogP contribution in [0.25, 0.3) is 0 Å². The lowest BCUT2D eigenvalue weighted by atomic mass is 10.0. The largest absolute Gasteiger partial charge is 0.385 e. The highest BCUT2D eigenvalue weighted by Crippen LogP contribution is 2.25. The van der Waals surface area contributed by atoms with Gasteiger partial charge in [0.25, 0.3) is 10.0 Å². The molecule has 2 heterocycles. The van der Waals surface area contributed by atoms with Crippen molar-refractivity contribution in [3.8, 4) is 0 Å². The maximum absolute atomic E-state index is 12.2. The van der Waals surface area contributed by atoms with Crippen LogP contribution in [0.4, 0.5) is 11.4 Å². The highest BCUT2D eigenvalue weighted by atomic mass is 32.2. The number of hydrogen-bond donors (Lipinski definition) is 3. The van der Waals surface area contributed by atoms with Crippen LogP contribution in [0.1, 0.15) is 12.0 Å². The summed E-state index contributed by atoms with van der Waals surface area (Å²) in [6.07, 6.45) is 4.85. The summed E-state index contributed by atoms with van der Waals surface area (Å²) in [6.45, 7) is 0.937. The number of aromatic nitrogens is 2. The van der Waals surface area contributed by atoms with Gasteiger partial charge in [0, 0.05) is 18.4 Å². The second-order valence-corrected chi connectivity index (χ2v) is 6.12. The molecule has 0 radical (unpaired) electrons. The second-order valence-electron chi connectivity index (χ2n) is 4.44. The third-order valence-electron chi connectivity index (χ3n) is 3.08. The van der Waals surface area contributed by atoms with Crippen LogP contribution in [0.5, 0.6) is 0 Å². The Labute approximate surface area is 111 Å². The van der Waals surface area contributed by atoms with Crippen molar-refractivity contribution in [2.75, 3.05) is 16.6 Å². The first-order chi connectivity index (χ1) is 9.15. The van der Waals surface area contributed by atoms with Gasteiger partial charge in [-0.15, -0.1) is 0 Å². The Bertz CT molecular complexity index is 680. The van der Waals surface area contributed by atoms with Crippen molar-refractivity contribution in [2.45, 2.75) is 17.7 Å². The van der Waals surface area contributed by atoms with E-state index in [1.54, 1.807) is 12.1 Å². The highest BCUT2D eigenvalue weighted by Gasteiger charge is 2.17. The smallest absolute Gasteiger partial charge is 0.262 e. The molecule has 2 aromatic rings. The summed E-state index contributed by atoms with van der Waals surface area (Å²) in [4.78, 5) is 0.274. The molecule has 1 aromatic heterocycles. The lowest BCUT2D eigenvalue weighted by Gasteiger charge is -2.18. The molecular weight excluding hydrogens is 264 g/mol. The Balaban J connectivity index is 1.93. The van der Waals surface area contributed by atoms with E-state index < -0.39 is 10.0 Å². The minimum atomic E-state index is -3.55. The Morgan fingerprint density at radius 1 is 1.32 bits per heavy atom. The van der Waals surface area contributed by atoms with Crippen molar-refractivity contribution in [3.63, 3.8) is 0 Å². The number of H-pyrrole nitrogens is 1. The molecule has 0 saturated heterocycles. The molecule has 19 heavy (non-hydrogen) atoms. The van der Waals surface area contributed by atoms with E-state index in [2.05, 4.69) is 20.2 Å². The van der Waals surface area contributed by atoms with Crippen molar-refractivity contribution >= 4 is 21.4 Å². The van der Waals surface area contributed by atoms with Crippen LogP contribution in [-0.4, -0.2) is 25.2 Å². The molecule has 0 amide bonds. The first kappa shape index (κ1) is 12.0. The summed E-state index contributed by atoms with van der Waals surface area (Å²) < 4.78 is 26.9. The zero-order valence-corrected chi connectivity index (χ0v) is 11.0. The normalized spacial score (nSPS) is 14.5. The number of aromatic amines is 1. The molecule has 6 nitrogen and oxygen atoms in total. The van der Waals surface area contributed by atoms with E-state index in [0.29, 0.717) is 5.69 Å². The van der Waals surface area contributed by atoms with Crippen LogP contribution in [0.15, 0.2) is 35.5 Å². The van der Waals surface area contributed by atoms with E-state index in [9.17, 15) is 8.42 Å². The predicted octanol–water partition coefficient (Wildman–Crippen LogP) is 1.57. The Hall–Kier alpha value is -2.02. The van der Waals surface area contributed by atoms with Crippen LogP contribution in [0, 0.1) is 0 Å². The van der Waals surface area contributed by atoms with Crippen molar-refractivity contribution < 1.29 is 8.42 Å². The zero-order valence-electron chi connectivity index (χ0n) is 10.2. The summed E-state index contributed by atoms with van der Waals surface area (Å²) in [7, 11) is -3.55. The van der Waals surface area contributed by atoms with Crippen molar-refractivity contribution in [1.29, 1.82) is 0 Å². The zero-order chi connectivity index (χ0) is 13.3. The van der Waals surface area contributed by atoms with Crippen molar-refractivity contribution in [1.82, 2.24) is 10.2 Å². The van der Waals surface area contributed by atoms with E-state index in [-0.39, 0.29) is 4.90 Å². The van der Waals surface area contributed by atoms with Gasteiger partial charge in [-0.25, -0.2) is 8.42 Å². The van der Waals surface area contributed by atoms with E-state index in [1.807, 2.05) is 6.07 Å². The van der Waals surface area contributed by atoms with Gasteiger partial charge in [-0.05, 0) is 36.6 Å². The lowest BCUT2D eigenvalue weighted by Crippen LogP contribution is -2.15. The summed E-state index contributed by atoms with van der Waals surface area (Å²) in [5.74, 6) is 0. The molecule has 0 saturated carbocycles. The van der Waals surface area contributed by atoms with Crippen molar-refractivity contribution in [2.24, 2.45) is 0 Å². The molecule has 1 aliphatic rings. The standard InChI is InChI=1S/C12H14N4O2S/c17-19(18,16-10-7-14-15-8-10)11-3-4-12-9(6-11)2-1-5-13-12/h3-4,6-8,13,16H,1-2,5H2,(H,14,15). The number of benzene rings is 1. The van der Waals surface area contributed by atoms with Crippen LogP contribution in [-0.2, 0) is 16.4 Å². The molecule has 1 aliphatic heterocycles. The van der Waals surface area contributed by atoms with Gasteiger partial charge >= 0.3 is 0 Å². The first-order valence-electron chi connectivity index (χ1n) is 6.03. The fourth-order valence-electron chi connectivity index (χ4n) is 2.14. The summed E-state index contributed by atoms with van der Waals surface area (Å²) in [5.41, 5.74) is 2.49. The van der Waals surface area contributed by atoms with Gasteiger partial charge in [0.1, 0.15) is 0 Å². The number of rotatable bonds is 3. The van der Waals surface area contributed by atoms with Gasteiger partial charge in [0.05, 0.1) is 16.8 Å². The molecule has 0 fully saturated rings. The maximum Gasteiger partial charge on any atom is 0.262 e. The van der Waals surface area contributed by atoms with E-state index in [1.165, 1.54) is 12.4 Å². The molecule has 1 aromatic carbocycles. The second kappa shape index (κ2) is 4.58. The molecule has 0 aliphatic carbocycles. The topological polar surface area (TPSA) is 86.9 Å². The van der Waals surface area contributed by atoms with Gasteiger partial charge in [0.15, 0.2) is 0 Å². The highest BCUT2D eigenvalue weighted by molar-refractivity contribution is 7.92. The number of nitrogens with one attached hydrogen (secondary N) is 3. The fourth-order valence-corrected chi connectivity index (χ4v) is 3.22. The Kier molecular flexibility index (Phi) is 2.90. The van der Waals surface area contributed by atoms with Gasteiger partial charge in [-0.2, -0.15) is 5.10 Å². The molecule has 0 bridgehead atoms. The number of nitrogens with zero attached hydrogens (tertiary/aromatic N) is 1. The van der Waals surface area contributed by atoms with Crippen LogP contribution < -0.4 is 10.0 Å². The van der Waals surface area contributed by atoms with E-state index in [4.69, 9.17) is 0 Å². The molecule has 3 rings (SSSR count). The number of anilines is 2. The van der Waals surface area contributed by atoms with Gasteiger partial charge in [-0.1, -0.05) is 0 Å². The molecule has 0 unspecified atom stereocenters. The van der Waals surface area contributed by atoms with Gasteiger partial charge in [0.2, 0.25) is 0 Å². The van der Waals surface area contributed by atoms with Crippen LogP contribution in [0.3, 0.4) is 0 Å². The van der Waals surface area contributed by atoms with Gasteiger partial charge in [-0.3, -0.25) is 9.82 Å². The van der Waals surface area contributed by atoms with Crippen LogP contribution in [0.2, 0.25) is 0 Å². The summed E-state index contributed by atoms with van der Waals surface area (Å²) >= 11 is 0. The van der Waals surface area contributed by atoms with E-state index in [0.717, 1.165) is 30.6 Å². The summed E-state index contributed by atoms with van der Waals surface area (Å²) in [6, 6.07) is 5.15. The third kappa shape index (κ3) is 2.41. The molecule has 0 atom stereocenters. The molecule has 7 heteroatoms. The quantitative estimate of drug-likeness (QED) is 0.795. The minimum absolute atomic E-state index is 0.274. The number of hydrogen-bond acceptors (Lipinski definition) is 4. The number of fused-ring (bicyclic) bond motifs is 1. The average molecular weight is 278 g/mol.